The number of rotatable bonds is 10. The quantitative estimate of drug-likeness (QED) is 0.374. The fourth-order valence-electron chi connectivity index (χ4n) is 3.00. The van der Waals surface area contributed by atoms with E-state index in [1.165, 1.54) is 16.0 Å². The molecule has 3 aromatic rings. The fraction of sp³-hybridized carbons (Fsp3) is 0.333. The van der Waals surface area contributed by atoms with Crippen LogP contribution in [0.1, 0.15) is 33.5 Å². The largest absolute Gasteiger partial charge is 0.372 e. The number of aliphatic imine (C=N–C) groups is 1. The summed E-state index contributed by atoms with van der Waals surface area (Å²) < 4.78 is 5.86. The number of thiazole rings is 1. The van der Waals surface area contributed by atoms with Gasteiger partial charge in [0.15, 0.2) is 5.96 Å². The van der Waals surface area contributed by atoms with E-state index >= 15 is 0 Å². The van der Waals surface area contributed by atoms with E-state index in [1.807, 2.05) is 24.4 Å². The molecule has 6 heteroatoms. The van der Waals surface area contributed by atoms with Crippen molar-refractivity contribution in [2.24, 2.45) is 4.99 Å². The number of aromatic nitrogens is 1. The Bertz CT molecular complexity index is 924. The van der Waals surface area contributed by atoms with Crippen LogP contribution in [0.25, 0.3) is 0 Å². The number of benzene rings is 2. The normalized spacial score (nSPS) is 11.5. The summed E-state index contributed by atoms with van der Waals surface area (Å²) in [6.45, 7) is 7.64. The molecule has 2 N–H and O–H groups in total. The summed E-state index contributed by atoms with van der Waals surface area (Å²) in [4.78, 5) is 10.4. The lowest BCUT2D eigenvalue weighted by Crippen LogP contribution is -2.38. The molecule has 3 rings (SSSR count). The maximum atomic E-state index is 5.86. The van der Waals surface area contributed by atoms with Crippen molar-refractivity contribution in [1.29, 1.82) is 0 Å². The minimum atomic E-state index is 0.595. The van der Waals surface area contributed by atoms with Gasteiger partial charge in [0, 0.05) is 30.6 Å². The Hall–Kier alpha value is -2.70. The second-order valence-corrected chi connectivity index (χ2v) is 8.35. The number of nitrogens with zero attached hydrogens (tertiary/aromatic N) is 2. The molecule has 1 heterocycles. The van der Waals surface area contributed by atoms with E-state index in [4.69, 9.17) is 9.73 Å². The average molecular weight is 423 g/mol. The highest BCUT2D eigenvalue weighted by molar-refractivity contribution is 7.11. The molecular formula is C24H30N4OS. The van der Waals surface area contributed by atoms with E-state index in [9.17, 15) is 0 Å². The summed E-state index contributed by atoms with van der Waals surface area (Å²) in [6.07, 6.45) is 2.83. The van der Waals surface area contributed by atoms with Crippen LogP contribution in [0.2, 0.25) is 0 Å². The molecule has 0 amide bonds. The molecule has 0 radical (unpaired) electrons. The first kappa shape index (κ1) is 22.0. The number of guanidine groups is 1. The molecule has 2 aromatic carbocycles. The Balaban J connectivity index is 1.48. The van der Waals surface area contributed by atoms with Gasteiger partial charge in [-0.05, 0) is 30.5 Å². The Kier molecular flexibility index (Phi) is 8.87. The average Bonchev–Trinajstić information content (AvgIpc) is 3.18. The summed E-state index contributed by atoms with van der Waals surface area (Å²) in [6, 6.07) is 18.7. The summed E-state index contributed by atoms with van der Waals surface area (Å²) in [5, 5.41) is 7.86. The molecule has 0 aliphatic carbocycles. The van der Waals surface area contributed by atoms with Gasteiger partial charge in [-0.3, -0.25) is 0 Å². The molecule has 5 nitrogen and oxygen atoms in total. The highest BCUT2D eigenvalue weighted by Gasteiger charge is 2.02. The van der Waals surface area contributed by atoms with Crippen LogP contribution in [0, 0.1) is 6.92 Å². The Morgan fingerprint density at radius 1 is 1.00 bits per heavy atom. The first-order valence-electron chi connectivity index (χ1n) is 10.4. The molecule has 158 valence electrons. The number of hydrogen-bond acceptors (Lipinski definition) is 4. The molecule has 0 atom stereocenters. The molecule has 0 saturated carbocycles. The van der Waals surface area contributed by atoms with E-state index in [-0.39, 0.29) is 0 Å². The standard InChI is InChI=1S/C24H30N4OS/c1-3-25-24(26-13-12-23-27-15-19(2)30-23)28-16-21-10-7-11-22(14-21)18-29-17-20-8-5-4-6-9-20/h4-11,14-15H,3,12-13,16-18H2,1-2H3,(H2,25,26,28). The molecule has 0 saturated heterocycles. The maximum absolute atomic E-state index is 5.86. The van der Waals surface area contributed by atoms with Crippen molar-refractivity contribution in [3.63, 3.8) is 0 Å². The first-order chi connectivity index (χ1) is 14.7. The smallest absolute Gasteiger partial charge is 0.191 e. The minimum Gasteiger partial charge on any atom is -0.372 e. The van der Waals surface area contributed by atoms with E-state index in [0.717, 1.165) is 36.0 Å². The van der Waals surface area contributed by atoms with Crippen LogP contribution in [0.4, 0.5) is 0 Å². The number of hydrogen-bond donors (Lipinski definition) is 2. The predicted octanol–water partition coefficient (Wildman–Crippen LogP) is 4.47. The molecule has 1 aromatic heterocycles. The van der Waals surface area contributed by atoms with Gasteiger partial charge in [0.1, 0.15) is 0 Å². The van der Waals surface area contributed by atoms with Gasteiger partial charge < -0.3 is 15.4 Å². The van der Waals surface area contributed by atoms with Gasteiger partial charge in [-0.15, -0.1) is 11.3 Å². The molecule has 30 heavy (non-hydrogen) atoms. The van der Waals surface area contributed by atoms with Gasteiger partial charge in [0.25, 0.3) is 0 Å². The van der Waals surface area contributed by atoms with Crippen molar-refractivity contribution in [3.8, 4) is 0 Å². The zero-order chi connectivity index (χ0) is 21.0. The van der Waals surface area contributed by atoms with Gasteiger partial charge in [0.2, 0.25) is 0 Å². The SMILES string of the molecule is CCNC(=NCc1cccc(COCc2ccccc2)c1)NCCc1ncc(C)s1. The summed E-state index contributed by atoms with van der Waals surface area (Å²) in [7, 11) is 0. The maximum Gasteiger partial charge on any atom is 0.191 e. The van der Waals surface area contributed by atoms with Crippen LogP contribution in [0.3, 0.4) is 0 Å². The van der Waals surface area contributed by atoms with Crippen LogP contribution in [0.5, 0.6) is 0 Å². The number of nitrogens with one attached hydrogen (secondary N) is 2. The van der Waals surface area contributed by atoms with Gasteiger partial charge >= 0.3 is 0 Å². The lowest BCUT2D eigenvalue weighted by molar-refractivity contribution is 0.107. The van der Waals surface area contributed by atoms with Crippen molar-refractivity contribution in [1.82, 2.24) is 15.6 Å². The zero-order valence-electron chi connectivity index (χ0n) is 17.7. The molecular weight excluding hydrogens is 392 g/mol. The van der Waals surface area contributed by atoms with E-state index in [2.05, 4.69) is 65.9 Å². The molecule has 0 aliphatic heterocycles. The van der Waals surface area contributed by atoms with Crippen LogP contribution in [0.15, 0.2) is 65.8 Å². The third-order valence-electron chi connectivity index (χ3n) is 4.44. The Morgan fingerprint density at radius 2 is 1.77 bits per heavy atom. The minimum absolute atomic E-state index is 0.595. The van der Waals surface area contributed by atoms with Crippen molar-refractivity contribution in [2.75, 3.05) is 13.1 Å². The third-order valence-corrected chi connectivity index (χ3v) is 5.41. The molecule has 0 bridgehead atoms. The third kappa shape index (κ3) is 7.61. The van der Waals surface area contributed by atoms with Gasteiger partial charge in [-0.25, -0.2) is 9.98 Å². The zero-order valence-corrected chi connectivity index (χ0v) is 18.5. The van der Waals surface area contributed by atoms with Crippen LogP contribution in [-0.4, -0.2) is 24.0 Å². The Labute approximate surface area is 183 Å². The number of aryl methyl sites for hydroxylation is 1. The lowest BCUT2D eigenvalue weighted by atomic mass is 10.1. The van der Waals surface area contributed by atoms with Gasteiger partial charge in [-0.1, -0.05) is 54.6 Å². The van der Waals surface area contributed by atoms with Crippen LogP contribution in [-0.2, 0) is 30.9 Å². The van der Waals surface area contributed by atoms with Crippen molar-refractivity contribution < 1.29 is 4.74 Å². The van der Waals surface area contributed by atoms with Crippen molar-refractivity contribution >= 4 is 17.3 Å². The second kappa shape index (κ2) is 12.1. The highest BCUT2D eigenvalue weighted by atomic mass is 32.1. The highest BCUT2D eigenvalue weighted by Crippen LogP contribution is 2.11. The molecule has 0 unspecified atom stereocenters. The van der Waals surface area contributed by atoms with Crippen LogP contribution < -0.4 is 10.6 Å². The van der Waals surface area contributed by atoms with E-state index in [0.29, 0.717) is 19.8 Å². The van der Waals surface area contributed by atoms with Gasteiger partial charge in [-0.2, -0.15) is 0 Å². The monoisotopic (exact) mass is 422 g/mol. The van der Waals surface area contributed by atoms with Crippen molar-refractivity contribution in [2.45, 2.75) is 40.0 Å². The molecule has 0 fully saturated rings. The lowest BCUT2D eigenvalue weighted by Gasteiger charge is -2.11. The predicted molar refractivity (Wildman–Crippen MR) is 125 cm³/mol. The van der Waals surface area contributed by atoms with Crippen LogP contribution >= 0.6 is 11.3 Å². The first-order valence-corrected chi connectivity index (χ1v) is 11.2. The van der Waals surface area contributed by atoms with Gasteiger partial charge in [0.05, 0.1) is 24.8 Å². The Morgan fingerprint density at radius 3 is 2.53 bits per heavy atom. The van der Waals surface area contributed by atoms with E-state index < -0.39 is 0 Å². The molecule has 0 aliphatic rings. The second-order valence-electron chi connectivity index (χ2n) is 7.03. The topological polar surface area (TPSA) is 58.5 Å². The van der Waals surface area contributed by atoms with E-state index in [1.54, 1.807) is 11.3 Å². The molecule has 0 spiro atoms. The summed E-state index contributed by atoms with van der Waals surface area (Å²) >= 11 is 1.75. The number of ether oxygens (including phenoxy) is 1. The summed E-state index contributed by atoms with van der Waals surface area (Å²) in [5.41, 5.74) is 3.52. The fourth-order valence-corrected chi connectivity index (χ4v) is 3.78. The van der Waals surface area contributed by atoms with Crippen molar-refractivity contribution in [3.05, 3.63) is 87.4 Å². The summed E-state index contributed by atoms with van der Waals surface area (Å²) in [5.74, 6) is 0.830.